The first-order valence-corrected chi connectivity index (χ1v) is 7.55. The molecule has 4 heteroatoms. The number of rotatable bonds is 2. The van der Waals surface area contributed by atoms with Gasteiger partial charge in [0.2, 0.25) is 5.91 Å². The van der Waals surface area contributed by atoms with E-state index in [1.807, 2.05) is 24.3 Å². The molecule has 0 atom stereocenters. The smallest absolute Gasteiger partial charge is 0.249 e. The molecular formula is C17H16BrNO2. The van der Waals surface area contributed by atoms with Crippen LogP contribution < -0.4 is 5.73 Å². The van der Waals surface area contributed by atoms with E-state index in [-0.39, 0.29) is 0 Å². The molecule has 0 heterocycles. The van der Waals surface area contributed by atoms with Crippen LogP contribution in [0.25, 0.3) is 11.1 Å². The van der Waals surface area contributed by atoms with E-state index in [0.29, 0.717) is 12.0 Å². The molecule has 0 bridgehead atoms. The molecule has 0 aliphatic heterocycles. The summed E-state index contributed by atoms with van der Waals surface area (Å²) in [5.74, 6) is -0.414. The van der Waals surface area contributed by atoms with Gasteiger partial charge in [-0.25, -0.2) is 0 Å². The van der Waals surface area contributed by atoms with Crippen molar-refractivity contribution < 1.29 is 9.90 Å². The molecule has 21 heavy (non-hydrogen) atoms. The van der Waals surface area contributed by atoms with Crippen LogP contribution in [0, 0.1) is 0 Å². The predicted octanol–water partition coefficient (Wildman–Crippen LogP) is 3.35. The largest absolute Gasteiger partial charge is 0.386 e. The fourth-order valence-electron chi connectivity index (χ4n) is 2.86. The molecule has 2 aromatic rings. The van der Waals surface area contributed by atoms with Crippen molar-refractivity contribution >= 4 is 21.8 Å². The quantitative estimate of drug-likeness (QED) is 0.748. The molecule has 2 aromatic carbocycles. The van der Waals surface area contributed by atoms with Crippen molar-refractivity contribution in [3.63, 3.8) is 0 Å². The second-order valence-electron chi connectivity index (χ2n) is 5.95. The number of hydrogen-bond donors (Lipinski definition) is 2. The summed E-state index contributed by atoms with van der Waals surface area (Å²) in [5, 5.41) is 10.1. The summed E-state index contributed by atoms with van der Waals surface area (Å²) in [6.07, 6.45) is 0.667. The Kier molecular flexibility index (Phi) is 3.19. The molecule has 0 spiro atoms. The molecular weight excluding hydrogens is 330 g/mol. The minimum absolute atomic E-state index is 0.414. The van der Waals surface area contributed by atoms with Crippen molar-refractivity contribution in [3.05, 3.63) is 57.1 Å². The van der Waals surface area contributed by atoms with Gasteiger partial charge in [0.15, 0.2) is 0 Å². The maximum atomic E-state index is 11.7. The summed E-state index contributed by atoms with van der Waals surface area (Å²) in [5.41, 5.74) is 10.3. The van der Waals surface area contributed by atoms with Crippen LogP contribution in [0.3, 0.4) is 0 Å². The van der Waals surface area contributed by atoms with Crippen LogP contribution >= 0.6 is 15.9 Å². The summed E-state index contributed by atoms with van der Waals surface area (Å²) in [4.78, 5) is 11.7. The Morgan fingerprint density at radius 2 is 1.95 bits per heavy atom. The van der Waals surface area contributed by atoms with E-state index in [0.717, 1.165) is 32.3 Å². The van der Waals surface area contributed by atoms with Gasteiger partial charge in [0, 0.05) is 10.0 Å². The Hall–Kier alpha value is -1.65. The van der Waals surface area contributed by atoms with Crippen LogP contribution in [0.2, 0.25) is 0 Å². The lowest BCUT2D eigenvalue weighted by atomic mass is 9.94. The maximum absolute atomic E-state index is 11.7. The Labute approximate surface area is 131 Å². The maximum Gasteiger partial charge on any atom is 0.249 e. The van der Waals surface area contributed by atoms with Gasteiger partial charge in [0.1, 0.15) is 0 Å². The number of fused-ring (bicyclic) bond motifs is 3. The van der Waals surface area contributed by atoms with E-state index < -0.39 is 11.5 Å². The molecule has 0 aromatic heterocycles. The van der Waals surface area contributed by atoms with E-state index in [1.54, 1.807) is 19.9 Å². The average Bonchev–Trinajstić information content (AvgIpc) is 2.74. The monoisotopic (exact) mass is 345 g/mol. The average molecular weight is 346 g/mol. The van der Waals surface area contributed by atoms with Gasteiger partial charge in [0.05, 0.1) is 5.60 Å². The molecule has 0 saturated heterocycles. The number of halogens is 1. The van der Waals surface area contributed by atoms with Crippen molar-refractivity contribution in [1.29, 1.82) is 0 Å². The molecule has 1 aliphatic carbocycles. The van der Waals surface area contributed by atoms with E-state index >= 15 is 0 Å². The summed E-state index contributed by atoms with van der Waals surface area (Å²) in [6, 6.07) is 9.72. The zero-order chi connectivity index (χ0) is 15.4. The lowest BCUT2D eigenvalue weighted by Gasteiger charge is -2.18. The minimum Gasteiger partial charge on any atom is -0.386 e. The molecule has 3 N–H and O–H groups in total. The van der Waals surface area contributed by atoms with E-state index in [1.165, 1.54) is 0 Å². The second kappa shape index (κ2) is 4.68. The molecule has 1 amide bonds. The summed E-state index contributed by atoms with van der Waals surface area (Å²) in [6.45, 7) is 3.53. The van der Waals surface area contributed by atoms with Crippen LogP contribution in [0.15, 0.2) is 34.8 Å². The van der Waals surface area contributed by atoms with Crippen LogP contribution in [0.4, 0.5) is 0 Å². The van der Waals surface area contributed by atoms with E-state index in [4.69, 9.17) is 5.73 Å². The number of carbonyl (C=O) groups excluding carboxylic acids is 1. The number of aliphatic hydroxyl groups is 1. The molecule has 0 radical (unpaired) electrons. The third-order valence-electron chi connectivity index (χ3n) is 3.95. The van der Waals surface area contributed by atoms with E-state index in [2.05, 4.69) is 15.9 Å². The number of amides is 1. The molecule has 108 valence electrons. The number of primary amides is 1. The third-order valence-corrected chi connectivity index (χ3v) is 4.41. The highest BCUT2D eigenvalue weighted by Crippen LogP contribution is 2.41. The van der Waals surface area contributed by atoms with Crippen molar-refractivity contribution in [2.45, 2.75) is 25.9 Å². The Morgan fingerprint density at radius 1 is 1.24 bits per heavy atom. The van der Waals surface area contributed by atoms with Gasteiger partial charge in [-0.1, -0.05) is 34.1 Å². The van der Waals surface area contributed by atoms with Crippen molar-refractivity contribution in [2.75, 3.05) is 0 Å². The van der Waals surface area contributed by atoms with Gasteiger partial charge >= 0.3 is 0 Å². The van der Waals surface area contributed by atoms with Crippen LogP contribution in [-0.2, 0) is 12.0 Å². The van der Waals surface area contributed by atoms with Gasteiger partial charge in [-0.2, -0.15) is 0 Å². The van der Waals surface area contributed by atoms with Gasteiger partial charge in [-0.3, -0.25) is 4.79 Å². The SMILES string of the molecule is CC(C)(O)c1ccc2c(c1)Cc1c(C(N)=O)cc(Br)cc1-2. The lowest BCUT2D eigenvalue weighted by molar-refractivity contribution is 0.0785. The standard InChI is InChI=1S/C17H16BrNO2/c1-17(2,21)10-3-4-12-9(5-10)6-13-14(12)7-11(18)8-15(13)16(19)20/h3-5,7-8,21H,6H2,1-2H3,(H2,19,20). The van der Waals surface area contributed by atoms with Crippen molar-refractivity contribution in [1.82, 2.24) is 0 Å². The Bertz CT molecular complexity index is 760. The van der Waals surface area contributed by atoms with E-state index in [9.17, 15) is 9.90 Å². The van der Waals surface area contributed by atoms with Gasteiger partial charge in [-0.05, 0) is 60.2 Å². The number of carbonyl (C=O) groups is 1. The molecule has 3 rings (SSSR count). The van der Waals surface area contributed by atoms with Crippen LogP contribution in [0.1, 0.15) is 40.9 Å². The Balaban J connectivity index is 2.19. The summed E-state index contributed by atoms with van der Waals surface area (Å²) < 4.78 is 0.842. The van der Waals surface area contributed by atoms with Crippen molar-refractivity contribution in [3.8, 4) is 11.1 Å². The molecule has 3 nitrogen and oxygen atoms in total. The van der Waals surface area contributed by atoms with Crippen molar-refractivity contribution in [2.24, 2.45) is 5.73 Å². The van der Waals surface area contributed by atoms with Gasteiger partial charge in [0.25, 0.3) is 0 Å². The molecule has 1 aliphatic rings. The molecule has 0 fully saturated rings. The summed E-state index contributed by atoms with van der Waals surface area (Å²) in [7, 11) is 0. The first-order chi connectivity index (χ1) is 9.77. The predicted molar refractivity (Wildman–Crippen MR) is 86.1 cm³/mol. The highest BCUT2D eigenvalue weighted by atomic mass is 79.9. The first kappa shape index (κ1) is 14.3. The Morgan fingerprint density at radius 3 is 2.57 bits per heavy atom. The summed E-state index contributed by atoms with van der Waals surface area (Å²) >= 11 is 3.43. The van der Waals surface area contributed by atoms with Crippen LogP contribution in [-0.4, -0.2) is 11.0 Å². The third kappa shape index (κ3) is 2.39. The molecule has 0 unspecified atom stereocenters. The topological polar surface area (TPSA) is 63.3 Å². The highest BCUT2D eigenvalue weighted by molar-refractivity contribution is 9.10. The number of hydrogen-bond acceptors (Lipinski definition) is 2. The zero-order valence-corrected chi connectivity index (χ0v) is 13.5. The van der Waals surface area contributed by atoms with Crippen LogP contribution in [0.5, 0.6) is 0 Å². The second-order valence-corrected chi connectivity index (χ2v) is 6.87. The minimum atomic E-state index is -0.878. The fraction of sp³-hybridized carbons (Fsp3) is 0.235. The normalized spacial score (nSPS) is 13.0. The zero-order valence-electron chi connectivity index (χ0n) is 11.9. The number of benzene rings is 2. The van der Waals surface area contributed by atoms with Gasteiger partial charge in [-0.15, -0.1) is 0 Å². The first-order valence-electron chi connectivity index (χ1n) is 6.76. The number of nitrogens with two attached hydrogens (primary N) is 1. The highest BCUT2D eigenvalue weighted by Gasteiger charge is 2.26. The molecule has 0 saturated carbocycles. The van der Waals surface area contributed by atoms with Gasteiger partial charge < -0.3 is 10.8 Å². The lowest BCUT2D eigenvalue weighted by Crippen LogP contribution is -2.15. The fourth-order valence-corrected chi connectivity index (χ4v) is 3.32.